The van der Waals surface area contributed by atoms with Crippen molar-refractivity contribution in [2.75, 3.05) is 13.2 Å². The van der Waals surface area contributed by atoms with E-state index in [0.717, 1.165) is 58.3 Å². The Labute approximate surface area is 140 Å². The maximum Gasteiger partial charge on any atom is 0.0679 e. The molecule has 2 atom stereocenters. The van der Waals surface area contributed by atoms with Gasteiger partial charge in [0.15, 0.2) is 0 Å². The average Bonchev–Trinajstić information content (AvgIpc) is 2.54. The number of morpholine rings is 1. The zero-order valence-corrected chi connectivity index (χ0v) is 14.0. The summed E-state index contributed by atoms with van der Waals surface area (Å²) in [7, 11) is 0. The minimum Gasteiger partial charge on any atom is -0.390 e. The van der Waals surface area contributed by atoms with E-state index >= 15 is 0 Å². The van der Waals surface area contributed by atoms with Crippen LogP contribution in [0.5, 0.6) is 0 Å². The van der Waals surface area contributed by atoms with Crippen molar-refractivity contribution in [2.45, 2.75) is 62.8 Å². The molecule has 3 rings (SSSR count). The monoisotopic (exact) mass is 315 g/mol. The number of piperidine rings is 1. The van der Waals surface area contributed by atoms with Crippen molar-refractivity contribution in [3.05, 3.63) is 48.6 Å². The van der Waals surface area contributed by atoms with Crippen LogP contribution in [0.2, 0.25) is 0 Å². The lowest BCUT2D eigenvalue weighted by atomic mass is 9.78. The van der Waals surface area contributed by atoms with E-state index in [-0.39, 0.29) is 0 Å². The number of ether oxygens (including phenoxy) is 1. The first-order valence-corrected chi connectivity index (χ1v) is 8.91. The van der Waals surface area contributed by atoms with Crippen molar-refractivity contribution in [1.82, 2.24) is 4.90 Å². The van der Waals surface area contributed by atoms with Crippen LogP contribution in [0.1, 0.15) is 44.1 Å². The minimum absolute atomic E-state index is 0.340. The Morgan fingerprint density at radius 1 is 1.17 bits per heavy atom. The quantitative estimate of drug-likeness (QED) is 0.617. The van der Waals surface area contributed by atoms with Gasteiger partial charge in [0, 0.05) is 18.6 Å². The van der Waals surface area contributed by atoms with Crippen LogP contribution in [-0.4, -0.2) is 40.9 Å². The number of fused-ring (bicyclic) bond motifs is 2. The zero-order valence-electron chi connectivity index (χ0n) is 14.0. The normalized spacial score (nSPS) is 31.0. The molecule has 0 aliphatic carbocycles. The molecule has 2 aliphatic rings. The molecule has 2 saturated heterocycles. The summed E-state index contributed by atoms with van der Waals surface area (Å²) in [6.45, 7) is 6.23. The number of allylic oxidation sites excluding steroid dienone is 1. The minimum atomic E-state index is -0.506. The van der Waals surface area contributed by atoms with Gasteiger partial charge in [-0.25, -0.2) is 0 Å². The SMILES string of the molecule is C=CCCCCC1(O)CC2COCC(C1)N2Cc1ccccc1. The fourth-order valence-corrected chi connectivity index (χ4v) is 4.14. The zero-order chi connectivity index (χ0) is 16.1. The molecule has 0 spiro atoms. The second-order valence-corrected chi connectivity index (χ2v) is 7.17. The third kappa shape index (κ3) is 4.23. The highest BCUT2D eigenvalue weighted by Crippen LogP contribution is 2.38. The molecule has 1 aromatic rings. The third-order valence-electron chi connectivity index (χ3n) is 5.30. The molecule has 0 saturated carbocycles. The first kappa shape index (κ1) is 16.7. The standard InChI is InChI=1S/C20H29NO2/c1-2-3-4-8-11-20(22)12-18-15-23-16-19(13-20)21(18)14-17-9-6-5-7-10-17/h2,5-7,9-10,18-19,22H,1,3-4,8,11-16H2. The molecule has 2 bridgehead atoms. The Morgan fingerprint density at radius 3 is 2.52 bits per heavy atom. The topological polar surface area (TPSA) is 32.7 Å². The summed E-state index contributed by atoms with van der Waals surface area (Å²) < 4.78 is 5.77. The van der Waals surface area contributed by atoms with Gasteiger partial charge in [0.25, 0.3) is 0 Å². The Balaban J connectivity index is 1.62. The van der Waals surface area contributed by atoms with Crippen LogP contribution in [0, 0.1) is 0 Å². The van der Waals surface area contributed by atoms with Crippen LogP contribution in [0.4, 0.5) is 0 Å². The maximum atomic E-state index is 11.1. The molecule has 1 aromatic carbocycles. The first-order chi connectivity index (χ1) is 11.2. The number of hydrogen-bond donors (Lipinski definition) is 1. The van der Waals surface area contributed by atoms with Gasteiger partial charge in [-0.3, -0.25) is 4.90 Å². The smallest absolute Gasteiger partial charge is 0.0679 e. The molecular formula is C20H29NO2. The molecule has 2 heterocycles. The van der Waals surface area contributed by atoms with E-state index in [1.54, 1.807) is 0 Å². The molecule has 126 valence electrons. The van der Waals surface area contributed by atoms with Crippen LogP contribution < -0.4 is 0 Å². The number of hydrogen-bond acceptors (Lipinski definition) is 3. The molecule has 2 unspecified atom stereocenters. The highest BCUT2D eigenvalue weighted by atomic mass is 16.5. The van der Waals surface area contributed by atoms with Crippen LogP contribution in [0.25, 0.3) is 0 Å². The van der Waals surface area contributed by atoms with Gasteiger partial charge >= 0.3 is 0 Å². The predicted molar refractivity (Wildman–Crippen MR) is 93.2 cm³/mol. The van der Waals surface area contributed by atoms with E-state index in [1.165, 1.54) is 5.56 Å². The van der Waals surface area contributed by atoms with Crippen LogP contribution >= 0.6 is 0 Å². The summed E-state index contributed by atoms with van der Waals surface area (Å²) in [4.78, 5) is 2.55. The number of benzene rings is 1. The summed E-state index contributed by atoms with van der Waals surface area (Å²) >= 11 is 0. The van der Waals surface area contributed by atoms with Crippen molar-refractivity contribution in [1.29, 1.82) is 0 Å². The fourth-order valence-electron chi connectivity index (χ4n) is 4.14. The van der Waals surface area contributed by atoms with Gasteiger partial charge in [-0.05, 0) is 37.7 Å². The average molecular weight is 315 g/mol. The maximum absolute atomic E-state index is 11.1. The molecule has 3 heteroatoms. The molecule has 23 heavy (non-hydrogen) atoms. The van der Waals surface area contributed by atoms with E-state index in [0.29, 0.717) is 12.1 Å². The van der Waals surface area contributed by atoms with E-state index < -0.39 is 5.60 Å². The van der Waals surface area contributed by atoms with Gasteiger partial charge in [-0.2, -0.15) is 0 Å². The molecule has 2 fully saturated rings. The molecular weight excluding hydrogens is 286 g/mol. The van der Waals surface area contributed by atoms with E-state index in [9.17, 15) is 5.11 Å². The lowest BCUT2D eigenvalue weighted by Gasteiger charge is -2.52. The highest BCUT2D eigenvalue weighted by Gasteiger charge is 2.45. The Morgan fingerprint density at radius 2 is 1.87 bits per heavy atom. The van der Waals surface area contributed by atoms with Crippen LogP contribution in [0.15, 0.2) is 43.0 Å². The van der Waals surface area contributed by atoms with Gasteiger partial charge in [0.1, 0.15) is 0 Å². The van der Waals surface area contributed by atoms with E-state index in [1.807, 2.05) is 6.08 Å². The lowest BCUT2D eigenvalue weighted by Crippen LogP contribution is -2.61. The van der Waals surface area contributed by atoms with Crippen molar-refractivity contribution < 1.29 is 9.84 Å². The summed E-state index contributed by atoms with van der Waals surface area (Å²) in [6.07, 6.45) is 7.82. The summed E-state index contributed by atoms with van der Waals surface area (Å²) in [6, 6.07) is 11.3. The number of unbranched alkanes of at least 4 members (excludes halogenated alkanes) is 2. The molecule has 0 amide bonds. The van der Waals surface area contributed by atoms with Gasteiger partial charge in [0.2, 0.25) is 0 Å². The van der Waals surface area contributed by atoms with Gasteiger partial charge in [-0.1, -0.05) is 42.8 Å². The lowest BCUT2D eigenvalue weighted by molar-refractivity contribution is -0.148. The number of aliphatic hydroxyl groups is 1. The Hall–Kier alpha value is -1.16. The van der Waals surface area contributed by atoms with Crippen molar-refractivity contribution in [3.8, 4) is 0 Å². The fraction of sp³-hybridized carbons (Fsp3) is 0.600. The molecule has 0 radical (unpaired) electrons. The summed E-state index contributed by atoms with van der Waals surface area (Å²) in [5, 5.41) is 11.1. The predicted octanol–water partition coefficient (Wildman–Crippen LogP) is 3.53. The largest absolute Gasteiger partial charge is 0.390 e. The van der Waals surface area contributed by atoms with Crippen molar-refractivity contribution in [3.63, 3.8) is 0 Å². The van der Waals surface area contributed by atoms with Crippen molar-refractivity contribution >= 4 is 0 Å². The second-order valence-electron chi connectivity index (χ2n) is 7.17. The van der Waals surface area contributed by atoms with Gasteiger partial charge in [-0.15, -0.1) is 6.58 Å². The van der Waals surface area contributed by atoms with Crippen molar-refractivity contribution in [2.24, 2.45) is 0 Å². The molecule has 1 N–H and O–H groups in total. The van der Waals surface area contributed by atoms with Gasteiger partial charge in [0.05, 0.1) is 18.8 Å². The van der Waals surface area contributed by atoms with E-state index in [4.69, 9.17) is 4.74 Å². The van der Waals surface area contributed by atoms with E-state index in [2.05, 4.69) is 41.8 Å². The molecule has 3 nitrogen and oxygen atoms in total. The highest BCUT2D eigenvalue weighted by molar-refractivity contribution is 5.15. The summed E-state index contributed by atoms with van der Waals surface area (Å²) in [5.74, 6) is 0. The Bertz CT molecular complexity index is 488. The third-order valence-corrected chi connectivity index (χ3v) is 5.30. The van der Waals surface area contributed by atoms with Crippen LogP contribution in [-0.2, 0) is 11.3 Å². The first-order valence-electron chi connectivity index (χ1n) is 8.91. The molecule has 2 aliphatic heterocycles. The Kier molecular flexibility index (Phi) is 5.52. The number of rotatable bonds is 7. The van der Waals surface area contributed by atoms with Crippen LogP contribution in [0.3, 0.4) is 0 Å². The molecule has 0 aromatic heterocycles. The van der Waals surface area contributed by atoms with Gasteiger partial charge < -0.3 is 9.84 Å². The summed E-state index contributed by atoms with van der Waals surface area (Å²) in [5.41, 5.74) is 0.842. The number of nitrogens with zero attached hydrogens (tertiary/aromatic N) is 1. The second kappa shape index (κ2) is 7.61.